The summed E-state index contributed by atoms with van der Waals surface area (Å²) >= 11 is 0. The second-order valence-corrected chi connectivity index (χ2v) is 6.63. The normalized spacial score (nSPS) is 10.7. The average molecular weight is 385 g/mol. The van der Waals surface area contributed by atoms with E-state index in [4.69, 9.17) is 4.74 Å². The van der Waals surface area contributed by atoms with Crippen LogP contribution in [0.4, 0.5) is 0 Å². The lowest BCUT2D eigenvalue weighted by molar-refractivity contribution is 0.484. The number of nitrogens with one attached hydrogen (secondary N) is 1. The summed E-state index contributed by atoms with van der Waals surface area (Å²) in [5, 5.41) is 4.50. The highest BCUT2D eigenvalue weighted by atomic mass is 16.5. The number of benzene rings is 2. The number of ether oxygens (including phenoxy) is 1. The van der Waals surface area contributed by atoms with E-state index in [2.05, 4.69) is 10.1 Å². The van der Waals surface area contributed by atoms with Crippen molar-refractivity contribution in [1.29, 1.82) is 0 Å². The van der Waals surface area contributed by atoms with Gasteiger partial charge in [0.25, 0.3) is 11.1 Å². The Bertz CT molecular complexity index is 1290. The van der Waals surface area contributed by atoms with Gasteiger partial charge in [0.05, 0.1) is 0 Å². The number of aromatic nitrogens is 3. The lowest BCUT2D eigenvalue weighted by Gasteiger charge is -2.15. The highest BCUT2D eigenvalue weighted by molar-refractivity contribution is 5.84. The van der Waals surface area contributed by atoms with Crippen molar-refractivity contribution in [2.24, 2.45) is 7.05 Å². The minimum atomic E-state index is -0.259. The number of H-pyrrole nitrogens is 1. The van der Waals surface area contributed by atoms with Gasteiger partial charge in [-0.1, -0.05) is 30.3 Å². The molecule has 0 aliphatic heterocycles. The Hall–Kier alpha value is -3.93. The van der Waals surface area contributed by atoms with E-state index in [1.807, 2.05) is 54.6 Å². The predicted octanol–water partition coefficient (Wildman–Crippen LogP) is 3.90. The molecule has 1 N–H and O–H groups in total. The Balaban J connectivity index is 1.95. The highest BCUT2D eigenvalue weighted by Crippen LogP contribution is 2.37. The molecule has 4 rings (SSSR count). The van der Waals surface area contributed by atoms with E-state index in [0.29, 0.717) is 33.9 Å². The molecule has 6 nitrogen and oxygen atoms in total. The van der Waals surface area contributed by atoms with Crippen LogP contribution >= 0.6 is 0 Å². The first kappa shape index (κ1) is 18.4. The van der Waals surface area contributed by atoms with Crippen molar-refractivity contribution in [2.75, 3.05) is 0 Å². The van der Waals surface area contributed by atoms with E-state index in [9.17, 15) is 9.59 Å². The summed E-state index contributed by atoms with van der Waals surface area (Å²) in [5.74, 6) is 1.30. The Morgan fingerprint density at radius 2 is 1.62 bits per heavy atom. The van der Waals surface area contributed by atoms with E-state index in [1.54, 1.807) is 26.2 Å². The van der Waals surface area contributed by atoms with Gasteiger partial charge in [0.15, 0.2) is 0 Å². The lowest BCUT2D eigenvalue weighted by atomic mass is 9.97. The minimum absolute atomic E-state index is 0.206. The molecular formula is C23H19N3O3. The lowest BCUT2D eigenvalue weighted by Crippen LogP contribution is -2.20. The van der Waals surface area contributed by atoms with E-state index < -0.39 is 0 Å². The number of hydrogen-bond donors (Lipinski definition) is 1. The van der Waals surface area contributed by atoms with Crippen LogP contribution in [0.3, 0.4) is 0 Å². The van der Waals surface area contributed by atoms with E-state index in [0.717, 1.165) is 5.56 Å². The van der Waals surface area contributed by atoms with Crippen LogP contribution in [-0.2, 0) is 7.05 Å². The third-order valence-electron chi connectivity index (χ3n) is 4.70. The summed E-state index contributed by atoms with van der Waals surface area (Å²) in [7, 11) is 1.60. The van der Waals surface area contributed by atoms with Gasteiger partial charge in [0.1, 0.15) is 17.2 Å². The number of nitrogens with zero attached hydrogens (tertiary/aromatic N) is 2. The first-order valence-corrected chi connectivity index (χ1v) is 9.14. The van der Waals surface area contributed by atoms with Crippen LogP contribution in [0.15, 0.2) is 82.5 Å². The molecule has 0 aliphatic carbocycles. The monoisotopic (exact) mass is 385 g/mol. The molecule has 2 aromatic heterocycles. The number of aryl methyl sites for hydroxylation is 1. The van der Waals surface area contributed by atoms with Crippen molar-refractivity contribution >= 4 is 0 Å². The maximum Gasteiger partial charge on any atom is 0.267 e. The molecule has 4 aromatic rings. The zero-order chi connectivity index (χ0) is 20.4. The van der Waals surface area contributed by atoms with Crippen molar-refractivity contribution in [3.63, 3.8) is 0 Å². The second-order valence-electron chi connectivity index (χ2n) is 6.63. The molecule has 0 unspecified atom stereocenters. The molecular weight excluding hydrogens is 366 g/mol. The van der Waals surface area contributed by atoms with Crippen LogP contribution in [0.2, 0.25) is 0 Å². The zero-order valence-corrected chi connectivity index (χ0v) is 16.0. The van der Waals surface area contributed by atoms with Gasteiger partial charge in [-0.05, 0) is 42.8 Å². The smallest absolute Gasteiger partial charge is 0.267 e. The molecule has 6 heteroatoms. The van der Waals surface area contributed by atoms with Gasteiger partial charge in [-0.2, -0.15) is 5.10 Å². The number of rotatable bonds is 4. The van der Waals surface area contributed by atoms with Gasteiger partial charge in [-0.15, -0.1) is 0 Å². The first-order chi connectivity index (χ1) is 14.0. The SMILES string of the molecule is Cc1c(-c2cc(=O)n(C)nc2-c2ccccc2Oc2ccccc2)cc[nH]c1=O. The van der Waals surface area contributed by atoms with Gasteiger partial charge in [-0.3, -0.25) is 9.59 Å². The van der Waals surface area contributed by atoms with Crippen molar-refractivity contribution in [3.05, 3.63) is 99.2 Å². The fourth-order valence-electron chi connectivity index (χ4n) is 3.16. The average Bonchev–Trinajstić information content (AvgIpc) is 2.73. The molecule has 2 aromatic carbocycles. The van der Waals surface area contributed by atoms with Gasteiger partial charge < -0.3 is 9.72 Å². The van der Waals surface area contributed by atoms with Crippen LogP contribution in [0.25, 0.3) is 22.4 Å². The van der Waals surface area contributed by atoms with Gasteiger partial charge >= 0.3 is 0 Å². The molecule has 144 valence electrons. The summed E-state index contributed by atoms with van der Waals surface area (Å²) in [6.45, 7) is 1.72. The quantitative estimate of drug-likeness (QED) is 0.578. The summed E-state index contributed by atoms with van der Waals surface area (Å²) < 4.78 is 7.36. The van der Waals surface area contributed by atoms with E-state index in [-0.39, 0.29) is 11.1 Å². The molecule has 29 heavy (non-hydrogen) atoms. The van der Waals surface area contributed by atoms with E-state index >= 15 is 0 Å². The fraction of sp³-hybridized carbons (Fsp3) is 0.0870. The Morgan fingerprint density at radius 3 is 2.41 bits per heavy atom. The van der Waals surface area contributed by atoms with Crippen molar-refractivity contribution in [1.82, 2.24) is 14.8 Å². The molecule has 0 saturated heterocycles. The molecule has 0 fully saturated rings. The molecule has 0 atom stereocenters. The molecule has 0 radical (unpaired) electrons. The second kappa shape index (κ2) is 7.59. The summed E-state index contributed by atoms with van der Waals surface area (Å²) in [4.78, 5) is 27.1. The topological polar surface area (TPSA) is 77.0 Å². The van der Waals surface area contributed by atoms with Gasteiger partial charge in [-0.25, -0.2) is 4.68 Å². The van der Waals surface area contributed by atoms with Crippen LogP contribution in [0.5, 0.6) is 11.5 Å². The zero-order valence-electron chi connectivity index (χ0n) is 16.0. The Morgan fingerprint density at radius 1 is 0.897 bits per heavy atom. The predicted molar refractivity (Wildman–Crippen MR) is 112 cm³/mol. The van der Waals surface area contributed by atoms with Crippen LogP contribution < -0.4 is 15.9 Å². The molecule has 0 spiro atoms. The van der Waals surface area contributed by atoms with Gasteiger partial charge in [0, 0.05) is 36.0 Å². The number of aromatic amines is 1. The number of para-hydroxylation sites is 2. The largest absolute Gasteiger partial charge is 0.457 e. The van der Waals surface area contributed by atoms with Crippen molar-refractivity contribution in [3.8, 4) is 33.9 Å². The highest BCUT2D eigenvalue weighted by Gasteiger charge is 2.18. The van der Waals surface area contributed by atoms with Crippen LogP contribution in [-0.4, -0.2) is 14.8 Å². The Kier molecular flexibility index (Phi) is 4.83. The molecule has 2 heterocycles. The summed E-state index contributed by atoms with van der Waals surface area (Å²) in [6, 6.07) is 20.2. The maximum atomic E-state index is 12.4. The third-order valence-corrected chi connectivity index (χ3v) is 4.70. The van der Waals surface area contributed by atoms with E-state index in [1.165, 1.54) is 10.7 Å². The molecule has 0 saturated carbocycles. The van der Waals surface area contributed by atoms with Crippen molar-refractivity contribution < 1.29 is 4.74 Å². The Labute approximate surface area is 167 Å². The number of pyridine rings is 1. The summed E-state index contributed by atoms with van der Waals surface area (Å²) in [6.07, 6.45) is 1.57. The first-order valence-electron chi connectivity index (χ1n) is 9.14. The molecule has 0 amide bonds. The minimum Gasteiger partial charge on any atom is -0.457 e. The van der Waals surface area contributed by atoms with Gasteiger partial charge in [0.2, 0.25) is 0 Å². The van der Waals surface area contributed by atoms with Crippen molar-refractivity contribution in [2.45, 2.75) is 6.92 Å². The van der Waals surface area contributed by atoms with Crippen LogP contribution in [0, 0.1) is 6.92 Å². The third kappa shape index (κ3) is 3.60. The molecule has 0 bridgehead atoms. The molecule has 0 aliphatic rings. The maximum absolute atomic E-state index is 12.4. The number of hydrogen-bond acceptors (Lipinski definition) is 4. The standard InChI is InChI=1S/C23H19N3O3/c1-15-17(12-13-24-23(15)28)19-14-21(27)26(2)25-22(19)18-10-6-7-11-20(18)29-16-8-4-3-5-9-16/h3-14H,1-2H3,(H,24,28). The summed E-state index contributed by atoms with van der Waals surface area (Å²) in [5.41, 5.74) is 2.58. The fourth-order valence-corrected chi connectivity index (χ4v) is 3.16. The van der Waals surface area contributed by atoms with Crippen LogP contribution in [0.1, 0.15) is 5.56 Å².